The van der Waals surface area contributed by atoms with Crippen LogP contribution in [0.1, 0.15) is 18.4 Å². The van der Waals surface area contributed by atoms with E-state index in [2.05, 4.69) is 4.90 Å². The van der Waals surface area contributed by atoms with Crippen molar-refractivity contribution in [2.24, 2.45) is 5.73 Å². The van der Waals surface area contributed by atoms with Crippen LogP contribution in [0.2, 0.25) is 0 Å². The summed E-state index contributed by atoms with van der Waals surface area (Å²) in [5.41, 5.74) is 5.75. The van der Waals surface area contributed by atoms with Crippen LogP contribution in [0.15, 0.2) is 30.3 Å². The van der Waals surface area contributed by atoms with Crippen molar-refractivity contribution in [3.05, 3.63) is 35.9 Å². The van der Waals surface area contributed by atoms with Crippen molar-refractivity contribution in [2.45, 2.75) is 24.5 Å². The van der Waals surface area contributed by atoms with Crippen LogP contribution < -0.4 is 5.73 Å². The minimum Gasteiger partial charge on any atom is -0.382 e. The highest BCUT2D eigenvalue weighted by Crippen LogP contribution is 2.23. The summed E-state index contributed by atoms with van der Waals surface area (Å²) in [7, 11) is 1.76. The molecule has 0 saturated carbocycles. The van der Waals surface area contributed by atoms with Gasteiger partial charge in [-0.3, -0.25) is 4.90 Å². The molecule has 4 nitrogen and oxygen atoms in total. The molecule has 1 heterocycles. The lowest BCUT2D eigenvalue weighted by Crippen LogP contribution is -2.49. The molecule has 1 aromatic carbocycles. The molecule has 1 fully saturated rings. The fourth-order valence-electron chi connectivity index (χ4n) is 2.70. The molecule has 0 radical (unpaired) electrons. The number of piperidine rings is 1. The summed E-state index contributed by atoms with van der Waals surface area (Å²) < 4.78 is 5.37. The highest BCUT2D eigenvalue weighted by molar-refractivity contribution is 5.23. The average Bonchev–Trinajstić information content (AvgIpc) is 2.49. The minimum absolute atomic E-state index is 0.237. The fourth-order valence-corrected chi connectivity index (χ4v) is 2.70. The number of hydrogen-bond acceptors (Lipinski definition) is 4. The van der Waals surface area contributed by atoms with E-state index in [0.29, 0.717) is 12.6 Å². The standard InChI is InChI=1S/C15H24N2O2/c1-19-14-7-9-17(10-8-14)12-15(18,11-16)13-5-3-2-4-6-13/h2-6,14,18H,7-12,16H2,1H3. The normalized spacial score (nSPS) is 21.2. The minimum atomic E-state index is -0.957. The predicted octanol–water partition coefficient (Wildman–Crippen LogP) is 0.944. The highest BCUT2D eigenvalue weighted by Gasteiger charge is 2.31. The number of nitrogens with zero attached hydrogens (tertiary/aromatic N) is 1. The summed E-state index contributed by atoms with van der Waals surface area (Å²) in [6, 6.07) is 9.70. The third-order valence-corrected chi connectivity index (χ3v) is 4.00. The van der Waals surface area contributed by atoms with Crippen LogP contribution in [0.5, 0.6) is 0 Å². The quantitative estimate of drug-likeness (QED) is 0.831. The molecule has 0 spiro atoms. The topological polar surface area (TPSA) is 58.7 Å². The molecule has 0 aromatic heterocycles. The first kappa shape index (κ1) is 14.5. The highest BCUT2D eigenvalue weighted by atomic mass is 16.5. The molecule has 0 amide bonds. The number of ether oxygens (including phenoxy) is 1. The van der Waals surface area contributed by atoms with Gasteiger partial charge in [0.2, 0.25) is 0 Å². The van der Waals surface area contributed by atoms with Gasteiger partial charge < -0.3 is 15.6 Å². The smallest absolute Gasteiger partial charge is 0.114 e. The Morgan fingerprint density at radius 2 is 1.95 bits per heavy atom. The van der Waals surface area contributed by atoms with Crippen molar-refractivity contribution in [3.63, 3.8) is 0 Å². The number of hydrogen-bond donors (Lipinski definition) is 2. The first-order chi connectivity index (χ1) is 9.18. The molecule has 19 heavy (non-hydrogen) atoms. The van der Waals surface area contributed by atoms with E-state index in [1.54, 1.807) is 7.11 Å². The van der Waals surface area contributed by atoms with E-state index in [1.165, 1.54) is 0 Å². The molecule has 0 bridgehead atoms. The number of nitrogens with two attached hydrogens (primary N) is 1. The molecule has 3 N–H and O–H groups in total. The molecule has 4 heteroatoms. The second-order valence-electron chi connectivity index (χ2n) is 5.31. The first-order valence-corrected chi connectivity index (χ1v) is 6.91. The van der Waals surface area contributed by atoms with E-state index < -0.39 is 5.60 Å². The van der Waals surface area contributed by atoms with Gasteiger partial charge in [-0.05, 0) is 18.4 Å². The summed E-state index contributed by atoms with van der Waals surface area (Å²) in [4.78, 5) is 2.27. The second-order valence-corrected chi connectivity index (χ2v) is 5.31. The number of aliphatic hydroxyl groups is 1. The largest absolute Gasteiger partial charge is 0.382 e. The third kappa shape index (κ3) is 3.54. The molecule has 1 saturated heterocycles. The van der Waals surface area contributed by atoms with Crippen molar-refractivity contribution < 1.29 is 9.84 Å². The van der Waals surface area contributed by atoms with Crippen LogP contribution >= 0.6 is 0 Å². The van der Waals surface area contributed by atoms with Crippen LogP contribution in [0.4, 0.5) is 0 Å². The number of β-amino-alcohol motifs (C(OH)–C–C–N with tert-alkyl or cyclic N) is 1. The van der Waals surface area contributed by atoms with Crippen LogP contribution in [-0.2, 0) is 10.3 Å². The summed E-state index contributed by atoms with van der Waals surface area (Å²) in [5.74, 6) is 0. The molecule has 1 aromatic rings. The maximum atomic E-state index is 10.8. The number of rotatable bonds is 5. The third-order valence-electron chi connectivity index (χ3n) is 4.00. The van der Waals surface area contributed by atoms with Gasteiger partial charge >= 0.3 is 0 Å². The van der Waals surface area contributed by atoms with Gasteiger partial charge in [-0.15, -0.1) is 0 Å². The van der Waals surface area contributed by atoms with E-state index in [4.69, 9.17) is 10.5 Å². The monoisotopic (exact) mass is 264 g/mol. The molecule has 1 unspecified atom stereocenters. The summed E-state index contributed by atoms with van der Waals surface area (Å²) >= 11 is 0. The summed E-state index contributed by atoms with van der Waals surface area (Å²) in [6.45, 7) is 2.73. The summed E-state index contributed by atoms with van der Waals surface area (Å²) in [5, 5.41) is 10.8. The zero-order valence-corrected chi connectivity index (χ0v) is 11.6. The SMILES string of the molecule is COC1CCN(CC(O)(CN)c2ccccc2)CC1. The van der Waals surface area contributed by atoms with Gasteiger partial charge in [-0.1, -0.05) is 30.3 Å². The lowest BCUT2D eigenvalue weighted by atomic mass is 9.92. The van der Waals surface area contributed by atoms with Crippen molar-refractivity contribution in [1.29, 1.82) is 0 Å². The van der Waals surface area contributed by atoms with Crippen LogP contribution in [-0.4, -0.2) is 49.4 Å². The van der Waals surface area contributed by atoms with Gasteiger partial charge in [0.1, 0.15) is 5.60 Å². The Balaban J connectivity index is 2.00. The van der Waals surface area contributed by atoms with E-state index >= 15 is 0 Å². The molecule has 1 aliphatic heterocycles. The van der Waals surface area contributed by atoms with Crippen LogP contribution in [0, 0.1) is 0 Å². The van der Waals surface area contributed by atoms with Crippen molar-refractivity contribution in [1.82, 2.24) is 4.90 Å². The number of benzene rings is 1. The van der Waals surface area contributed by atoms with Gasteiger partial charge in [0.15, 0.2) is 0 Å². The van der Waals surface area contributed by atoms with Gasteiger partial charge in [-0.25, -0.2) is 0 Å². The Hall–Kier alpha value is -0.940. The average molecular weight is 264 g/mol. The van der Waals surface area contributed by atoms with Gasteiger partial charge in [0, 0.05) is 33.3 Å². The van der Waals surface area contributed by atoms with Crippen molar-refractivity contribution in [3.8, 4) is 0 Å². The molecule has 106 valence electrons. The zero-order chi connectivity index (χ0) is 13.7. The van der Waals surface area contributed by atoms with E-state index in [9.17, 15) is 5.11 Å². The van der Waals surface area contributed by atoms with E-state index in [-0.39, 0.29) is 6.54 Å². The second kappa shape index (κ2) is 6.48. The molecular weight excluding hydrogens is 240 g/mol. The van der Waals surface area contributed by atoms with Crippen molar-refractivity contribution >= 4 is 0 Å². The van der Waals surface area contributed by atoms with Gasteiger partial charge in [0.05, 0.1) is 6.10 Å². The first-order valence-electron chi connectivity index (χ1n) is 6.91. The lowest BCUT2D eigenvalue weighted by Gasteiger charge is -2.37. The Labute approximate surface area is 115 Å². The molecular formula is C15H24N2O2. The van der Waals surface area contributed by atoms with E-state index in [1.807, 2.05) is 30.3 Å². The Bertz CT molecular complexity index is 377. The Morgan fingerprint density at radius 3 is 2.47 bits per heavy atom. The summed E-state index contributed by atoms with van der Waals surface area (Å²) in [6.07, 6.45) is 2.40. The predicted molar refractivity (Wildman–Crippen MR) is 75.9 cm³/mol. The van der Waals surface area contributed by atoms with E-state index in [0.717, 1.165) is 31.5 Å². The number of likely N-dealkylation sites (tertiary alicyclic amines) is 1. The van der Waals surface area contributed by atoms with Gasteiger partial charge in [-0.2, -0.15) is 0 Å². The molecule has 1 atom stereocenters. The molecule has 0 aliphatic carbocycles. The van der Waals surface area contributed by atoms with Crippen LogP contribution in [0.3, 0.4) is 0 Å². The maximum absolute atomic E-state index is 10.8. The maximum Gasteiger partial charge on any atom is 0.114 e. The zero-order valence-electron chi connectivity index (χ0n) is 11.6. The fraction of sp³-hybridized carbons (Fsp3) is 0.600. The Kier molecular flexibility index (Phi) is 4.93. The Morgan fingerprint density at radius 1 is 1.32 bits per heavy atom. The number of methoxy groups -OCH3 is 1. The molecule has 1 aliphatic rings. The molecule has 2 rings (SSSR count). The van der Waals surface area contributed by atoms with Crippen molar-refractivity contribution in [2.75, 3.05) is 33.3 Å². The van der Waals surface area contributed by atoms with Gasteiger partial charge in [0.25, 0.3) is 0 Å². The van der Waals surface area contributed by atoms with Crippen LogP contribution in [0.25, 0.3) is 0 Å². The lowest BCUT2D eigenvalue weighted by molar-refractivity contribution is -0.0199.